The lowest BCUT2D eigenvalue weighted by atomic mass is 10.1. The van der Waals surface area contributed by atoms with Crippen molar-refractivity contribution in [2.75, 3.05) is 32.7 Å². The molecule has 1 fully saturated rings. The summed E-state index contributed by atoms with van der Waals surface area (Å²) < 4.78 is 0. The number of rotatable bonds is 6. The van der Waals surface area contributed by atoms with Gasteiger partial charge in [0, 0.05) is 43.7 Å². The van der Waals surface area contributed by atoms with E-state index in [1.807, 2.05) is 11.4 Å². The van der Waals surface area contributed by atoms with Crippen molar-refractivity contribution in [1.82, 2.24) is 14.8 Å². The van der Waals surface area contributed by atoms with Gasteiger partial charge in [0.2, 0.25) is 0 Å². The van der Waals surface area contributed by atoms with Crippen molar-refractivity contribution in [2.24, 2.45) is 0 Å². The molecule has 6 heteroatoms. The summed E-state index contributed by atoms with van der Waals surface area (Å²) in [5.41, 5.74) is 2.98. The summed E-state index contributed by atoms with van der Waals surface area (Å²) in [4.78, 5) is 20.2. The molecule has 0 unspecified atom stereocenters. The maximum Gasteiger partial charge on any atom is 0.309 e. The van der Waals surface area contributed by atoms with Crippen LogP contribution in [-0.4, -0.2) is 58.6 Å². The van der Waals surface area contributed by atoms with Crippen LogP contribution in [0.4, 0.5) is 0 Å². The van der Waals surface area contributed by atoms with Crippen LogP contribution in [0.25, 0.3) is 10.6 Å². The molecule has 1 N–H and O–H groups in total. The van der Waals surface area contributed by atoms with Crippen LogP contribution >= 0.6 is 11.3 Å². The fourth-order valence-electron chi connectivity index (χ4n) is 3.00. The monoisotopic (exact) mass is 345 g/mol. The molecule has 0 saturated carbocycles. The summed E-state index contributed by atoms with van der Waals surface area (Å²) >= 11 is 1.51. The third-order valence-corrected chi connectivity index (χ3v) is 5.32. The topological polar surface area (TPSA) is 56.7 Å². The van der Waals surface area contributed by atoms with Gasteiger partial charge in [-0.15, -0.1) is 11.3 Å². The van der Waals surface area contributed by atoms with Crippen molar-refractivity contribution in [3.8, 4) is 10.6 Å². The van der Waals surface area contributed by atoms with Gasteiger partial charge in [0.15, 0.2) is 0 Å². The Bertz CT molecular complexity index is 693. The summed E-state index contributed by atoms with van der Waals surface area (Å²) in [5, 5.41) is 11.6. The van der Waals surface area contributed by atoms with Crippen LogP contribution in [0.3, 0.4) is 0 Å². The minimum atomic E-state index is -0.841. The molecular weight excluding hydrogens is 322 g/mol. The van der Waals surface area contributed by atoms with Crippen LogP contribution in [0.2, 0.25) is 0 Å². The van der Waals surface area contributed by atoms with E-state index in [1.54, 1.807) is 0 Å². The molecule has 0 amide bonds. The Balaban J connectivity index is 1.66. The number of nitrogens with zero attached hydrogens (tertiary/aromatic N) is 3. The Kier molecular flexibility index (Phi) is 5.60. The Morgan fingerprint density at radius 1 is 1.25 bits per heavy atom. The third kappa shape index (κ3) is 4.41. The quantitative estimate of drug-likeness (QED) is 0.872. The van der Waals surface area contributed by atoms with Gasteiger partial charge in [-0.3, -0.25) is 9.69 Å². The zero-order valence-corrected chi connectivity index (χ0v) is 14.8. The average molecular weight is 345 g/mol. The molecule has 24 heavy (non-hydrogen) atoms. The van der Waals surface area contributed by atoms with Crippen LogP contribution in [-0.2, 0) is 17.8 Å². The van der Waals surface area contributed by atoms with E-state index in [-0.39, 0.29) is 6.42 Å². The molecule has 2 heterocycles. The highest BCUT2D eigenvalue weighted by Crippen LogP contribution is 2.25. The van der Waals surface area contributed by atoms with E-state index in [9.17, 15) is 4.79 Å². The van der Waals surface area contributed by atoms with Gasteiger partial charge < -0.3 is 10.0 Å². The highest BCUT2D eigenvalue weighted by atomic mass is 32.1. The molecule has 2 aromatic rings. The Morgan fingerprint density at radius 2 is 2.00 bits per heavy atom. The van der Waals surface area contributed by atoms with E-state index in [0.29, 0.717) is 5.69 Å². The smallest absolute Gasteiger partial charge is 0.309 e. The van der Waals surface area contributed by atoms with Gasteiger partial charge >= 0.3 is 5.97 Å². The highest BCUT2D eigenvalue weighted by Gasteiger charge is 2.16. The fraction of sp³-hybridized carbons (Fsp3) is 0.444. The molecule has 1 saturated heterocycles. The van der Waals surface area contributed by atoms with Crippen molar-refractivity contribution in [1.29, 1.82) is 0 Å². The Labute approximate surface area is 146 Å². The van der Waals surface area contributed by atoms with Crippen molar-refractivity contribution in [3.63, 3.8) is 0 Å². The summed E-state index contributed by atoms with van der Waals surface area (Å²) in [6, 6.07) is 8.43. The van der Waals surface area contributed by atoms with Gasteiger partial charge in [-0.05, 0) is 18.2 Å². The lowest BCUT2D eigenvalue weighted by molar-refractivity contribution is -0.136. The largest absolute Gasteiger partial charge is 0.481 e. The number of aliphatic carboxylic acids is 1. The van der Waals surface area contributed by atoms with E-state index in [4.69, 9.17) is 5.11 Å². The van der Waals surface area contributed by atoms with Crippen LogP contribution in [0, 0.1) is 0 Å². The number of aromatic nitrogens is 1. The molecule has 1 aromatic carbocycles. The predicted octanol–water partition coefficient (Wildman–Crippen LogP) is 2.57. The second-order valence-electron chi connectivity index (χ2n) is 6.13. The normalized spacial score (nSPS) is 16.4. The van der Waals surface area contributed by atoms with Gasteiger partial charge in [0.25, 0.3) is 0 Å². The van der Waals surface area contributed by atoms with Crippen LogP contribution in [0.1, 0.15) is 18.2 Å². The highest BCUT2D eigenvalue weighted by molar-refractivity contribution is 7.13. The van der Waals surface area contributed by atoms with E-state index >= 15 is 0 Å². The first kappa shape index (κ1) is 17.1. The minimum absolute atomic E-state index is 0.0160. The van der Waals surface area contributed by atoms with Crippen molar-refractivity contribution in [2.45, 2.75) is 19.9 Å². The SMILES string of the molecule is CCN1CCN(Cc2cccc(-c3nc(CC(=O)O)cs3)c2)CC1. The van der Waals surface area contributed by atoms with Gasteiger partial charge in [-0.1, -0.05) is 25.1 Å². The second kappa shape index (κ2) is 7.88. The molecule has 0 spiro atoms. The van der Waals surface area contributed by atoms with Crippen molar-refractivity contribution in [3.05, 3.63) is 40.9 Å². The first-order valence-electron chi connectivity index (χ1n) is 8.34. The zero-order chi connectivity index (χ0) is 16.9. The standard InChI is InChI=1S/C18H23N3O2S/c1-2-20-6-8-21(9-7-20)12-14-4-3-5-15(10-14)18-19-16(13-24-18)11-17(22)23/h3-5,10,13H,2,6-9,11-12H2,1H3,(H,22,23). The second-order valence-corrected chi connectivity index (χ2v) is 6.98. The number of carboxylic acid groups (broad SMARTS) is 1. The zero-order valence-electron chi connectivity index (χ0n) is 13.9. The summed E-state index contributed by atoms with van der Waals surface area (Å²) in [6.45, 7) is 8.80. The van der Waals surface area contributed by atoms with E-state index < -0.39 is 5.97 Å². The number of hydrogen-bond acceptors (Lipinski definition) is 5. The van der Waals surface area contributed by atoms with Gasteiger partial charge in [0.1, 0.15) is 5.01 Å². The van der Waals surface area contributed by atoms with E-state index in [2.05, 4.69) is 39.9 Å². The predicted molar refractivity (Wildman–Crippen MR) is 96.3 cm³/mol. The Morgan fingerprint density at radius 3 is 2.71 bits per heavy atom. The maximum absolute atomic E-state index is 10.8. The van der Waals surface area contributed by atoms with E-state index in [1.165, 1.54) is 16.9 Å². The number of benzene rings is 1. The lowest BCUT2D eigenvalue weighted by Crippen LogP contribution is -2.45. The molecule has 5 nitrogen and oxygen atoms in total. The number of likely N-dealkylation sites (N-methyl/N-ethyl adjacent to an activating group) is 1. The molecule has 1 aliphatic heterocycles. The van der Waals surface area contributed by atoms with Gasteiger partial charge in [-0.2, -0.15) is 0 Å². The lowest BCUT2D eigenvalue weighted by Gasteiger charge is -2.34. The summed E-state index contributed by atoms with van der Waals surface area (Å²) in [7, 11) is 0. The molecular formula is C18H23N3O2S. The number of hydrogen-bond donors (Lipinski definition) is 1. The van der Waals surface area contributed by atoms with Gasteiger partial charge in [0.05, 0.1) is 12.1 Å². The molecule has 0 radical (unpaired) electrons. The third-order valence-electron chi connectivity index (χ3n) is 4.38. The van der Waals surface area contributed by atoms with Crippen molar-refractivity contribution >= 4 is 17.3 Å². The molecule has 1 aromatic heterocycles. The first-order chi connectivity index (χ1) is 11.6. The maximum atomic E-state index is 10.8. The summed E-state index contributed by atoms with van der Waals surface area (Å²) in [5.74, 6) is -0.841. The first-order valence-corrected chi connectivity index (χ1v) is 9.22. The molecule has 1 aliphatic rings. The summed E-state index contributed by atoms with van der Waals surface area (Å²) in [6.07, 6.45) is -0.0160. The number of piperazine rings is 1. The van der Waals surface area contributed by atoms with E-state index in [0.717, 1.165) is 49.8 Å². The molecule has 0 atom stereocenters. The Hall–Kier alpha value is -1.76. The molecule has 0 bridgehead atoms. The van der Waals surface area contributed by atoms with Gasteiger partial charge in [-0.25, -0.2) is 4.98 Å². The molecule has 0 aliphatic carbocycles. The number of thiazole rings is 1. The number of carboxylic acids is 1. The fourth-order valence-corrected chi connectivity index (χ4v) is 3.82. The van der Waals surface area contributed by atoms with Crippen LogP contribution < -0.4 is 0 Å². The number of carbonyl (C=O) groups is 1. The minimum Gasteiger partial charge on any atom is -0.481 e. The van der Waals surface area contributed by atoms with Crippen LogP contribution in [0.15, 0.2) is 29.6 Å². The molecule has 3 rings (SSSR count). The molecule has 128 valence electrons. The van der Waals surface area contributed by atoms with Crippen LogP contribution in [0.5, 0.6) is 0 Å². The average Bonchev–Trinajstić information content (AvgIpc) is 3.03. The van der Waals surface area contributed by atoms with Crippen molar-refractivity contribution < 1.29 is 9.90 Å².